The SMILES string of the molecule is COC(=O)Cc1cc(O)ccc1OC. The molecule has 4 nitrogen and oxygen atoms in total. The van der Waals surface area contributed by atoms with E-state index < -0.39 is 0 Å². The fourth-order valence-electron chi connectivity index (χ4n) is 1.13. The molecule has 0 aliphatic carbocycles. The van der Waals surface area contributed by atoms with Crippen LogP contribution >= 0.6 is 0 Å². The standard InChI is InChI=1S/C10H12O4/c1-13-9-4-3-8(11)5-7(9)6-10(12)14-2/h3-5,11H,6H2,1-2H3. The number of carbonyl (C=O) groups is 1. The van der Waals surface area contributed by atoms with Gasteiger partial charge in [0.25, 0.3) is 0 Å². The fraction of sp³-hybridized carbons (Fsp3) is 0.300. The number of ether oxygens (including phenoxy) is 2. The highest BCUT2D eigenvalue weighted by molar-refractivity contribution is 5.73. The van der Waals surface area contributed by atoms with Gasteiger partial charge in [0.15, 0.2) is 0 Å². The van der Waals surface area contributed by atoms with Gasteiger partial charge in [-0.3, -0.25) is 4.79 Å². The van der Waals surface area contributed by atoms with Gasteiger partial charge in [-0.1, -0.05) is 0 Å². The molecule has 0 unspecified atom stereocenters. The second kappa shape index (κ2) is 4.50. The average molecular weight is 196 g/mol. The van der Waals surface area contributed by atoms with Gasteiger partial charge in [0.2, 0.25) is 0 Å². The molecule has 0 aliphatic rings. The predicted molar refractivity (Wildman–Crippen MR) is 50.4 cm³/mol. The maximum atomic E-state index is 11.0. The second-order valence-electron chi connectivity index (χ2n) is 2.75. The summed E-state index contributed by atoms with van der Waals surface area (Å²) in [6.45, 7) is 0. The van der Waals surface area contributed by atoms with Gasteiger partial charge in [-0.25, -0.2) is 0 Å². The first kappa shape index (κ1) is 10.4. The first-order chi connectivity index (χ1) is 6.67. The normalized spacial score (nSPS) is 9.57. The third kappa shape index (κ3) is 2.39. The molecule has 76 valence electrons. The van der Waals surface area contributed by atoms with Crippen molar-refractivity contribution in [3.63, 3.8) is 0 Å². The zero-order chi connectivity index (χ0) is 10.6. The van der Waals surface area contributed by atoms with Crippen molar-refractivity contribution in [1.82, 2.24) is 0 Å². The van der Waals surface area contributed by atoms with Crippen molar-refractivity contribution in [1.29, 1.82) is 0 Å². The van der Waals surface area contributed by atoms with E-state index in [4.69, 9.17) is 4.74 Å². The van der Waals surface area contributed by atoms with E-state index in [9.17, 15) is 9.90 Å². The smallest absolute Gasteiger partial charge is 0.310 e. The van der Waals surface area contributed by atoms with Crippen LogP contribution in [0.25, 0.3) is 0 Å². The Kier molecular flexibility index (Phi) is 3.34. The Balaban J connectivity index is 2.93. The van der Waals surface area contributed by atoms with E-state index in [-0.39, 0.29) is 18.1 Å². The van der Waals surface area contributed by atoms with Crippen LogP contribution in [0.5, 0.6) is 11.5 Å². The number of phenols is 1. The minimum atomic E-state index is -0.367. The van der Waals surface area contributed by atoms with Crippen molar-refractivity contribution in [2.75, 3.05) is 14.2 Å². The first-order valence-electron chi connectivity index (χ1n) is 4.10. The average Bonchev–Trinajstić information content (AvgIpc) is 2.18. The molecular weight excluding hydrogens is 184 g/mol. The summed E-state index contributed by atoms with van der Waals surface area (Å²) >= 11 is 0. The molecule has 0 atom stereocenters. The second-order valence-corrected chi connectivity index (χ2v) is 2.75. The minimum absolute atomic E-state index is 0.0913. The molecule has 1 aromatic carbocycles. The van der Waals surface area contributed by atoms with Crippen molar-refractivity contribution in [2.24, 2.45) is 0 Å². The molecule has 0 fully saturated rings. The topological polar surface area (TPSA) is 55.8 Å². The van der Waals surface area contributed by atoms with Gasteiger partial charge in [0, 0.05) is 5.56 Å². The number of benzene rings is 1. The summed E-state index contributed by atoms with van der Waals surface area (Å²) in [7, 11) is 2.82. The van der Waals surface area contributed by atoms with E-state index in [1.54, 1.807) is 6.07 Å². The van der Waals surface area contributed by atoms with Crippen LogP contribution in [0.2, 0.25) is 0 Å². The Bertz CT molecular complexity index is 333. The largest absolute Gasteiger partial charge is 0.508 e. The molecule has 1 N–H and O–H groups in total. The zero-order valence-electron chi connectivity index (χ0n) is 8.11. The third-order valence-electron chi connectivity index (χ3n) is 1.83. The van der Waals surface area contributed by atoms with Crippen LogP contribution in [0, 0.1) is 0 Å². The molecule has 0 bridgehead atoms. The maximum absolute atomic E-state index is 11.0. The monoisotopic (exact) mass is 196 g/mol. The van der Waals surface area contributed by atoms with E-state index >= 15 is 0 Å². The number of phenolic OH excluding ortho intramolecular Hbond substituents is 1. The zero-order valence-corrected chi connectivity index (χ0v) is 8.11. The number of carbonyl (C=O) groups excluding carboxylic acids is 1. The number of methoxy groups -OCH3 is 2. The van der Waals surface area contributed by atoms with Crippen LogP contribution in [0.15, 0.2) is 18.2 Å². The van der Waals surface area contributed by atoms with Crippen molar-refractivity contribution >= 4 is 5.97 Å². The number of aromatic hydroxyl groups is 1. The van der Waals surface area contributed by atoms with Crippen LogP contribution in [0.3, 0.4) is 0 Å². The molecule has 0 aromatic heterocycles. The first-order valence-corrected chi connectivity index (χ1v) is 4.10. The third-order valence-corrected chi connectivity index (χ3v) is 1.83. The van der Waals surface area contributed by atoms with Gasteiger partial charge in [-0.15, -0.1) is 0 Å². The van der Waals surface area contributed by atoms with Crippen LogP contribution < -0.4 is 4.74 Å². The van der Waals surface area contributed by atoms with Crippen molar-refractivity contribution in [2.45, 2.75) is 6.42 Å². The van der Waals surface area contributed by atoms with Crippen LogP contribution in [-0.2, 0) is 16.0 Å². The lowest BCUT2D eigenvalue weighted by molar-refractivity contribution is -0.139. The van der Waals surface area contributed by atoms with E-state index in [1.165, 1.54) is 26.4 Å². The predicted octanol–water partition coefficient (Wildman–Crippen LogP) is 1.12. The van der Waals surface area contributed by atoms with Crippen molar-refractivity contribution in [3.05, 3.63) is 23.8 Å². The number of rotatable bonds is 3. The van der Waals surface area contributed by atoms with Crippen LogP contribution in [0.1, 0.15) is 5.56 Å². The Morgan fingerprint density at radius 3 is 2.71 bits per heavy atom. The summed E-state index contributed by atoms with van der Waals surface area (Å²) in [6, 6.07) is 4.59. The van der Waals surface area contributed by atoms with Gasteiger partial charge in [-0.05, 0) is 18.2 Å². The molecule has 0 saturated heterocycles. The van der Waals surface area contributed by atoms with Crippen LogP contribution in [0.4, 0.5) is 0 Å². The molecule has 0 heterocycles. The van der Waals surface area contributed by atoms with E-state index in [1.807, 2.05) is 0 Å². The van der Waals surface area contributed by atoms with Crippen molar-refractivity contribution in [3.8, 4) is 11.5 Å². The minimum Gasteiger partial charge on any atom is -0.508 e. The molecule has 1 aromatic rings. The molecule has 0 amide bonds. The number of hydrogen-bond acceptors (Lipinski definition) is 4. The molecule has 0 aliphatic heterocycles. The summed E-state index contributed by atoms with van der Waals surface area (Å²) in [6.07, 6.45) is 0.0913. The molecule has 1 rings (SSSR count). The van der Waals surface area contributed by atoms with Gasteiger partial charge < -0.3 is 14.6 Å². The Hall–Kier alpha value is -1.71. The molecule has 4 heteroatoms. The van der Waals surface area contributed by atoms with Crippen molar-refractivity contribution < 1.29 is 19.4 Å². The van der Waals surface area contributed by atoms with Gasteiger partial charge >= 0.3 is 5.97 Å². The molecule has 14 heavy (non-hydrogen) atoms. The molecule has 0 radical (unpaired) electrons. The van der Waals surface area contributed by atoms with Gasteiger partial charge in [0.05, 0.1) is 20.6 Å². The highest BCUT2D eigenvalue weighted by Crippen LogP contribution is 2.23. The fourth-order valence-corrected chi connectivity index (χ4v) is 1.13. The molecule has 0 saturated carbocycles. The Morgan fingerprint density at radius 2 is 2.14 bits per heavy atom. The lowest BCUT2D eigenvalue weighted by Crippen LogP contribution is -2.05. The van der Waals surface area contributed by atoms with Gasteiger partial charge in [-0.2, -0.15) is 0 Å². The highest BCUT2D eigenvalue weighted by Gasteiger charge is 2.09. The number of hydrogen-bond donors (Lipinski definition) is 1. The summed E-state index contributed by atoms with van der Waals surface area (Å²) in [5.74, 6) is 0.298. The highest BCUT2D eigenvalue weighted by atomic mass is 16.5. The Morgan fingerprint density at radius 1 is 1.43 bits per heavy atom. The summed E-state index contributed by atoms with van der Waals surface area (Å²) in [5, 5.41) is 9.21. The summed E-state index contributed by atoms with van der Waals surface area (Å²) < 4.78 is 9.54. The van der Waals surface area contributed by atoms with E-state index in [0.29, 0.717) is 11.3 Å². The summed E-state index contributed by atoms with van der Waals surface area (Å²) in [4.78, 5) is 11.0. The summed E-state index contributed by atoms with van der Waals surface area (Å²) in [5.41, 5.74) is 0.611. The molecule has 0 spiro atoms. The number of esters is 1. The van der Waals surface area contributed by atoms with Gasteiger partial charge in [0.1, 0.15) is 11.5 Å². The maximum Gasteiger partial charge on any atom is 0.310 e. The van der Waals surface area contributed by atoms with E-state index in [0.717, 1.165) is 0 Å². The lowest BCUT2D eigenvalue weighted by atomic mass is 10.1. The quantitative estimate of drug-likeness (QED) is 0.736. The Labute approximate surface area is 82.1 Å². The lowest BCUT2D eigenvalue weighted by Gasteiger charge is -2.07. The van der Waals surface area contributed by atoms with Crippen LogP contribution in [-0.4, -0.2) is 25.3 Å². The molecular formula is C10H12O4. The van der Waals surface area contributed by atoms with E-state index in [2.05, 4.69) is 4.74 Å².